The fourth-order valence-corrected chi connectivity index (χ4v) is 4.66. The monoisotopic (exact) mass is 436 g/mol. The van der Waals surface area contributed by atoms with Crippen molar-refractivity contribution in [3.8, 4) is 0 Å². The van der Waals surface area contributed by atoms with Crippen molar-refractivity contribution < 1.29 is 23.9 Å². The van der Waals surface area contributed by atoms with Crippen LogP contribution in [0.15, 0.2) is 58.3 Å². The molecule has 31 heavy (non-hydrogen) atoms. The van der Waals surface area contributed by atoms with Crippen LogP contribution in [0, 0.1) is 13.8 Å². The predicted molar refractivity (Wildman–Crippen MR) is 116 cm³/mol. The molecule has 0 spiro atoms. The van der Waals surface area contributed by atoms with Crippen molar-refractivity contribution in [2.75, 3.05) is 18.6 Å². The van der Waals surface area contributed by atoms with E-state index in [-0.39, 0.29) is 17.2 Å². The summed E-state index contributed by atoms with van der Waals surface area (Å²) in [6.45, 7) is 2.85. The van der Waals surface area contributed by atoms with Crippen molar-refractivity contribution in [3.63, 3.8) is 0 Å². The lowest BCUT2D eigenvalue weighted by Crippen LogP contribution is -2.32. The first-order chi connectivity index (χ1) is 14.9. The number of hydrogen-bond donors (Lipinski definition) is 1. The van der Waals surface area contributed by atoms with E-state index in [0.717, 1.165) is 21.2 Å². The van der Waals surface area contributed by atoms with Crippen molar-refractivity contribution in [2.45, 2.75) is 23.6 Å². The fourth-order valence-electron chi connectivity index (χ4n) is 3.60. The molecule has 7 nitrogen and oxygen atoms in total. The molecule has 1 aliphatic heterocycles. The van der Waals surface area contributed by atoms with E-state index in [2.05, 4.69) is 4.98 Å². The molecule has 2 aromatic carbocycles. The average Bonchev–Trinajstić information content (AvgIpc) is 3.08. The van der Waals surface area contributed by atoms with Gasteiger partial charge in [-0.3, -0.25) is 9.69 Å². The number of anilines is 2. The lowest BCUT2D eigenvalue weighted by molar-refractivity contribution is -0.121. The Morgan fingerprint density at radius 1 is 0.935 bits per heavy atom. The van der Waals surface area contributed by atoms with Crippen LogP contribution >= 0.6 is 11.8 Å². The number of ether oxygens (including phenoxy) is 2. The highest BCUT2D eigenvalue weighted by atomic mass is 32.2. The number of fused-ring (bicyclic) bond motifs is 2. The van der Waals surface area contributed by atoms with Gasteiger partial charge in [0.25, 0.3) is 5.91 Å². The van der Waals surface area contributed by atoms with Crippen LogP contribution in [0.25, 0.3) is 0 Å². The number of methoxy groups -OCH3 is 1. The van der Waals surface area contributed by atoms with Gasteiger partial charge < -0.3 is 14.5 Å². The Hall–Kier alpha value is -3.52. The van der Waals surface area contributed by atoms with E-state index in [1.165, 1.54) is 7.11 Å². The van der Waals surface area contributed by atoms with E-state index in [0.29, 0.717) is 11.3 Å². The summed E-state index contributed by atoms with van der Waals surface area (Å²) < 4.78 is 10.1. The molecule has 0 saturated heterocycles. The van der Waals surface area contributed by atoms with Gasteiger partial charge >= 0.3 is 11.9 Å². The van der Waals surface area contributed by atoms with E-state index >= 15 is 0 Å². The highest BCUT2D eigenvalue weighted by molar-refractivity contribution is 7.99. The first kappa shape index (κ1) is 20.7. The SMILES string of the molecule is COC(=O)c1c(C)[nH]c(C(=O)OCC(=O)N2c3ccccc3Sc3ccccc32)c1C. The maximum atomic E-state index is 13.1. The number of esters is 2. The highest BCUT2D eigenvalue weighted by Crippen LogP contribution is 2.47. The van der Waals surface area contributed by atoms with Gasteiger partial charge in [0, 0.05) is 15.5 Å². The van der Waals surface area contributed by atoms with Gasteiger partial charge in [0.1, 0.15) is 5.69 Å². The fraction of sp³-hybridized carbons (Fsp3) is 0.174. The second-order valence-corrected chi connectivity index (χ2v) is 8.04. The third-order valence-corrected chi connectivity index (χ3v) is 6.17. The van der Waals surface area contributed by atoms with Crippen LogP contribution in [0.5, 0.6) is 0 Å². The number of nitrogens with one attached hydrogen (secondary N) is 1. The van der Waals surface area contributed by atoms with Gasteiger partial charge in [-0.2, -0.15) is 0 Å². The number of nitrogens with zero attached hydrogens (tertiary/aromatic N) is 1. The van der Waals surface area contributed by atoms with E-state index in [9.17, 15) is 14.4 Å². The normalized spacial score (nSPS) is 12.0. The summed E-state index contributed by atoms with van der Waals surface area (Å²) >= 11 is 1.59. The summed E-state index contributed by atoms with van der Waals surface area (Å²) in [4.78, 5) is 44.0. The second kappa shape index (κ2) is 8.31. The summed E-state index contributed by atoms with van der Waals surface area (Å²) in [5.41, 5.74) is 2.82. The third kappa shape index (κ3) is 3.70. The lowest BCUT2D eigenvalue weighted by atomic mass is 10.1. The minimum Gasteiger partial charge on any atom is -0.465 e. The first-order valence-corrected chi connectivity index (χ1v) is 10.4. The molecule has 0 bridgehead atoms. The molecule has 158 valence electrons. The topological polar surface area (TPSA) is 88.7 Å². The Balaban J connectivity index is 1.57. The minimum absolute atomic E-state index is 0.126. The van der Waals surface area contributed by atoms with E-state index in [1.54, 1.807) is 30.5 Å². The van der Waals surface area contributed by atoms with Gasteiger partial charge in [-0.1, -0.05) is 36.0 Å². The van der Waals surface area contributed by atoms with Crippen LogP contribution in [0.3, 0.4) is 0 Å². The Labute approximate surface area is 183 Å². The largest absolute Gasteiger partial charge is 0.465 e. The summed E-state index contributed by atoms with van der Waals surface area (Å²) in [5, 5.41) is 0. The number of amides is 1. The number of benzene rings is 2. The number of rotatable bonds is 4. The van der Waals surface area contributed by atoms with Gasteiger partial charge in [0.2, 0.25) is 0 Å². The highest BCUT2D eigenvalue weighted by Gasteiger charge is 2.29. The number of hydrogen-bond acceptors (Lipinski definition) is 6. The minimum atomic E-state index is -0.711. The molecule has 0 radical (unpaired) electrons. The summed E-state index contributed by atoms with van der Waals surface area (Å²) in [6.07, 6.45) is 0. The van der Waals surface area contributed by atoms with Crippen LogP contribution < -0.4 is 4.90 Å². The van der Waals surface area contributed by atoms with Crippen LogP contribution in [0.4, 0.5) is 11.4 Å². The number of para-hydroxylation sites is 2. The molecule has 3 aromatic rings. The van der Waals surface area contributed by atoms with Crippen molar-refractivity contribution in [3.05, 3.63) is 71.0 Å². The molecule has 1 amide bonds. The zero-order chi connectivity index (χ0) is 22.1. The van der Waals surface area contributed by atoms with Crippen molar-refractivity contribution in [2.24, 2.45) is 0 Å². The smallest absolute Gasteiger partial charge is 0.355 e. The Morgan fingerprint density at radius 2 is 1.52 bits per heavy atom. The van der Waals surface area contributed by atoms with Crippen molar-refractivity contribution in [1.29, 1.82) is 0 Å². The molecule has 8 heteroatoms. The molecule has 4 rings (SSSR count). The number of carbonyl (C=O) groups is 3. The Kier molecular flexibility index (Phi) is 5.56. The van der Waals surface area contributed by atoms with Gasteiger partial charge in [-0.05, 0) is 43.7 Å². The Morgan fingerprint density at radius 3 is 2.10 bits per heavy atom. The molecule has 0 fully saturated rings. The molecular weight excluding hydrogens is 416 g/mol. The number of H-pyrrole nitrogens is 1. The van der Waals surface area contributed by atoms with Gasteiger partial charge in [-0.15, -0.1) is 0 Å². The summed E-state index contributed by atoms with van der Waals surface area (Å²) in [7, 11) is 1.28. The van der Waals surface area contributed by atoms with Crippen LogP contribution in [-0.2, 0) is 14.3 Å². The lowest BCUT2D eigenvalue weighted by Gasteiger charge is -2.30. The molecule has 0 atom stereocenters. The van der Waals surface area contributed by atoms with E-state index in [1.807, 2.05) is 48.5 Å². The average molecular weight is 436 g/mol. The van der Waals surface area contributed by atoms with Crippen LogP contribution in [0.2, 0.25) is 0 Å². The molecule has 1 N–H and O–H groups in total. The van der Waals surface area contributed by atoms with Crippen molar-refractivity contribution in [1.82, 2.24) is 4.98 Å². The van der Waals surface area contributed by atoms with Crippen LogP contribution in [0.1, 0.15) is 32.1 Å². The van der Waals surface area contributed by atoms with Gasteiger partial charge in [-0.25, -0.2) is 9.59 Å². The maximum absolute atomic E-state index is 13.1. The predicted octanol–water partition coefficient (Wildman–Crippen LogP) is 4.40. The molecule has 2 heterocycles. The number of aromatic amines is 1. The van der Waals surface area contributed by atoms with Gasteiger partial charge in [0.05, 0.1) is 24.0 Å². The third-order valence-electron chi connectivity index (χ3n) is 5.04. The number of aromatic nitrogens is 1. The zero-order valence-electron chi connectivity index (χ0n) is 17.2. The molecule has 0 unspecified atom stereocenters. The quantitative estimate of drug-likeness (QED) is 0.610. The molecule has 1 aromatic heterocycles. The zero-order valence-corrected chi connectivity index (χ0v) is 18.0. The van der Waals surface area contributed by atoms with Crippen LogP contribution in [-0.4, -0.2) is 36.5 Å². The molecular formula is C23H20N2O5S. The maximum Gasteiger partial charge on any atom is 0.355 e. The standard InChI is InChI=1S/C23H20N2O5S/c1-13-20(22(27)29-3)14(2)24-21(13)23(28)30-12-19(26)25-15-8-4-6-10-17(15)31-18-11-7-5-9-16(18)25/h4-11,24H,12H2,1-3H3. The van der Waals surface area contributed by atoms with E-state index in [4.69, 9.17) is 9.47 Å². The second-order valence-electron chi connectivity index (χ2n) is 6.96. The number of aryl methyl sites for hydroxylation is 1. The summed E-state index contributed by atoms with van der Waals surface area (Å²) in [6, 6.07) is 15.2. The molecule has 1 aliphatic rings. The Bertz CT molecular complexity index is 1150. The number of carbonyl (C=O) groups excluding carboxylic acids is 3. The summed E-state index contributed by atoms with van der Waals surface area (Å²) in [5.74, 6) is -1.62. The van der Waals surface area contributed by atoms with Crippen molar-refractivity contribution >= 4 is 41.0 Å². The van der Waals surface area contributed by atoms with Gasteiger partial charge in [0.15, 0.2) is 6.61 Å². The molecule has 0 saturated carbocycles. The van der Waals surface area contributed by atoms with E-state index < -0.39 is 18.5 Å². The first-order valence-electron chi connectivity index (χ1n) is 9.55. The molecule has 0 aliphatic carbocycles.